The van der Waals surface area contributed by atoms with Crippen molar-refractivity contribution >= 4 is 5.69 Å². The highest BCUT2D eigenvalue weighted by Gasteiger charge is 2.33. The number of aromatic hydroxyl groups is 1. The van der Waals surface area contributed by atoms with Gasteiger partial charge in [-0.2, -0.15) is 13.2 Å². The van der Waals surface area contributed by atoms with E-state index in [0.717, 1.165) is 6.07 Å². The van der Waals surface area contributed by atoms with Gasteiger partial charge >= 0.3 is 6.18 Å². The SMILES string of the molecule is Oc1cc(N2CC(O)C2)cc(C(F)(F)F)c1. The molecule has 0 bridgehead atoms. The van der Waals surface area contributed by atoms with Crippen LogP contribution >= 0.6 is 0 Å². The summed E-state index contributed by atoms with van der Waals surface area (Å²) in [6, 6.07) is 2.90. The number of rotatable bonds is 1. The summed E-state index contributed by atoms with van der Waals surface area (Å²) in [5.41, 5.74) is -0.610. The molecule has 1 heterocycles. The highest BCUT2D eigenvalue weighted by atomic mass is 19.4. The van der Waals surface area contributed by atoms with Gasteiger partial charge in [0.2, 0.25) is 0 Å². The highest BCUT2D eigenvalue weighted by molar-refractivity contribution is 5.55. The zero-order valence-electron chi connectivity index (χ0n) is 8.20. The molecule has 16 heavy (non-hydrogen) atoms. The van der Waals surface area contributed by atoms with Gasteiger partial charge in [0.05, 0.1) is 11.7 Å². The van der Waals surface area contributed by atoms with Gasteiger partial charge in [0.1, 0.15) is 5.75 Å². The Morgan fingerprint density at radius 3 is 2.31 bits per heavy atom. The van der Waals surface area contributed by atoms with Gasteiger partial charge in [-0.15, -0.1) is 0 Å². The lowest BCUT2D eigenvalue weighted by molar-refractivity contribution is -0.137. The first-order valence-electron chi connectivity index (χ1n) is 4.70. The minimum Gasteiger partial charge on any atom is -0.508 e. The monoisotopic (exact) mass is 233 g/mol. The number of anilines is 1. The van der Waals surface area contributed by atoms with Crippen LogP contribution in [-0.4, -0.2) is 29.4 Å². The fraction of sp³-hybridized carbons (Fsp3) is 0.400. The number of β-amino-alcohol motifs (C(OH)–C–C–N with tert-alkyl or cyclic N) is 1. The predicted octanol–water partition coefficient (Wildman–Crippen LogP) is 1.59. The number of benzene rings is 1. The van der Waals surface area contributed by atoms with Crippen LogP contribution in [0.1, 0.15) is 5.56 Å². The van der Waals surface area contributed by atoms with Crippen LogP contribution in [0, 0.1) is 0 Å². The van der Waals surface area contributed by atoms with E-state index in [4.69, 9.17) is 5.11 Å². The van der Waals surface area contributed by atoms with Crippen LogP contribution in [0.3, 0.4) is 0 Å². The molecule has 1 saturated heterocycles. The van der Waals surface area contributed by atoms with Crippen molar-refractivity contribution in [2.24, 2.45) is 0 Å². The molecule has 0 aliphatic carbocycles. The molecule has 0 unspecified atom stereocenters. The topological polar surface area (TPSA) is 43.7 Å². The second kappa shape index (κ2) is 3.55. The van der Waals surface area contributed by atoms with Crippen molar-refractivity contribution in [2.75, 3.05) is 18.0 Å². The van der Waals surface area contributed by atoms with Crippen LogP contribution in [-0.2, 0) is 6.18 Å². The summed E-state index contributed by atoms with van der Waals surface area (Å²) in [6.45, 7) is 0.585. The maximum Gasteiger partial charge on any atom is 0.416 e. The van der Waals surface area contributed by atoms with Crippen molar-refractivity contribution in [1.29, 1.82) is 0 Å². The number of aliphatic hydroxyl groups is 1. The summed E-state index contributed by atoms with van der Waals surface area (Å²) in [5, 5.41) is 18.3. The molecule has 0 spiro atoms. The lowest BCUT2D eigenvalue weighted by atomic mass is 10.1. The van der Waals surface area contributed by atoms with Gasteiger partial charge in [-0.05, 0) is 12.1 Å². The zero-order valence-corrected chi connectivity index (χ0v) is 8.20. The molecule has 88 valence electrons. The number of aliphatic hydroxyl groups excluding tert-OH is 1. The fourth-order valence-electron chi connectivity index (χ4n) is 1.61. The van der Waals surface area contributed by atoms with Gasteiger partial charge in [0.25, 0.3) is 0 Å². The molecule has 0 amide bonds. The van der Waals surface area contributed by atoms with Crippen LogP contribution in [0.5, 0.6) is 5.75 Å². The van der Waals surface area contributed by atoms with E-state index in [0.29, 0.717) is 19.2 Å². The number of halogens is 3. The number of hydrogen-bond acceptors (Lipinski definition) is 3. The van der Waals surface area contributed by atoms with E-state index in [1.165, 1.54) is 6.07 Å². The van der Waals surface area contributed by atoms with Crippen molar-refractivity contribution in [3.63, 3.8) is 0 Å². The molecule has 2 N–H and O–H groups in total. The second-order valence-corrected chi connectivity index (χ2v) is 3.79. The first-order chi connectivity index (χ1) is 7.36. The van der Waals surface area contributed by atoms with E-state index in [-0.39, 0.29) is 5.69 Å². The molecule has 2 rings (SSSR count). The number of alkyl halides is 3. The third-order valence-electron chi connectivity index (χ3n) is 2.46. The van der Waals surface area contributed by atoms with E-state index in [9.17, 15) is 18.3 Å². The number of phenolic OH excluding ortho intramolecular Hbond substituents is 1. The summed E-state index contributed by atoms with van der Waals surface area (Å²) in [6.07, 6.45) is -4.98. The molecule has 3 nitrogen and oxygen atoms in total. The molecular formula is C10H10F3NO2. The van der Waals surface area contributed by atoms with Crippen LogP contribution < -0.4 is 4.90 Å². The Labute approximate surface area is 89.7 Å². The van der Waals surface area contributed by atoms with E-state index < -0.39 is 23.6 Å². The molecule has 1 aliphatic rings. The molecule has 1 aromatic carbocycles. The quantitative estimate of drug-likeness (QED) is 0.774. The van der Waals surface area contributed by atoms with Gasteiger partial charge in [-0.3, -0.25) is 0 Å². The fourth-order valence-corrected chi connectivity index (χ4v) is 1.61. The minimum atomic E-state index is -4.48. The summed E-state index contributed by atoms with van der Waals surface area (Å²) >= 11 is 0. The molecule has 6 heteroatoms. The molecule has 0 radical (unpaired) electrons. The van der Waals surface area contributed by atoms with Crippen molar-refractivity contribution in [3.05, 3.63) is 23.8 Å². The Kier molecular flexibility index (Phi) is 2.46. The van der Waals surface area contributed by atoms with Gasteiger partial charge in [-0.1, -0.05) is 0 Å². The van der Waals surface area contributed by atoms with Crippen LogP contribution in [0.25, 0.3) is 0 Å². The van der Waals surface area contributed by atoms with E-state index >= 15 is 0 Å². The lowest BCUT2D eigenvalue weighted by Gasteiger charge is -2.38. The third-order valence-corrected chi connectivity index (χ3v) is 2.46. The smallest absolute Gasteiger partial charge is 0.416 e. The Morgan fingerprint density at radius 1 is 1.19 bits per heavy atom. The summed E-state index contributed by atoms with van der Waals surface area (Å²) < 4.78 is 37.3. The van der Waals surface area contributed by atoms with Gasteiger partial charge < -0.3 is 15.1 Å². The minimum absolute atomic E-state index is 0.276. The Hall–Kier alpha value is -1.43. The largest absolute Gasteiger partial charge is 0.508 e. The average Bonchev–Trinajstić information content (AvgIpc) is 2.10. The first-order valence-corrected chi connectivity index (χ1v) is 4.70. The van der Waals surface area contributed by atoms with Crippen LogP contribution in [0.2, 0.25) is 0 Å². The molecule has 1 aromatic rings. The number of hydrogen-bond donors (Lipinski definition) is 2. The van der Waals surface area contributed by atoms with Crippen molar-refractivity contribution < 1.29 is 23.4 Å². The first kappa shape index (κ1) is 11.1. The van der Waals surface area contributed by atoms with Gasteiger partial charge in [-0.25, -0.2) is 0 Å². The Morgan fingerprint density at radius 2 is 1.81 bits per heavy atom. The summed E-state index contributed by atoms with van der Waals surface area (Å²) in [4.78, 5) is 1.57. The predicted molar refractivity (Wildman–Crippen MR) is 51.3 cm³/mol. The number of phenols is 1. The molecule has 0 atom stereocenters. The highest BCUT2D eigenvalue weighted by Crippen LogP contribution is 2.35. The molecule has 1 fully saturated rings. The molecule has 0 saturated carbocycles. The van der Waals surface area contributed by atoms with Crippen LogP contribution in [0.4, 0.5) is 18.9 Å². The third kappa shape index (κ3) is 2.06. The van der Waals surface area contributed by atoms with Crippen molar-refractivity contribution in [1.82, 2.24) is 0 Å². The van der Waals surface area contributed by atoms with Crippen molar-refractivity contribution in [3.8, 4) is 5.75 Å². The Balaban J connectivity index is 2.30. The average molecular weight is 233 g/mol. The van der Waals surface area contributed by atoms with E-state index in [1.807, 2.05) is 0 Å². The van der Waals surface area contributed by atoms with E-state index in [1.54, 1.807) is 4.90 Å². The van der Waals surface area contributed by atoms with Crippen LogP contribution in [0.15, 0.2) is 18.2 Å². The Bertz CT molecular complexity index is 400. The van der Waals surface area contributed by atoms with Crippen molar-refractivity contribution in [2.45, 2.75) is 12.3 Å². The number of nitrogens with zero attached hydrogens (tertiary/aromatic N) is 1. The standard InChI is InChI=1S/C10H10F3NO2/c11-10(12,13)6-1-7(3-8(15)2-6)14-4-9(16)5-14/h1-3,9,15-16H,4-5H2. The van der Waals surface area contributed by atoms with Gasteiger partial charge in [0.15, 0.2) is 0 Å². The zero-order chi connectivity index (χ0) is 11.9. The normalized spacial score (nSPS) is 17.4. The maximum absolute atomic E-state index is 12.4. The lowest BCUT2D eigenvalue weighted by Crippen LogP contribution is -2.50. The molecular weight excluding hydrogens is 223 g/mol. The maximum atomic E-state index is 12.4. The summed E-state index contributed by atoms with van der Waals surface area (Å²) in [5.74, 6) is -0.425. The second-order valence-electron chi connectivity index (χ2n) is 3.79. The molecule has 0 aromatic heterocycles. The summed E-state index contributed by atoms with van der Waals surface area (Å²) in [7, 11) is 0. The van der Waals surface area contributed by atoms with Gasteiger partial charge in [0, 0.05) is 24.8 Å². The van der Waals surface area contributed by atoms with E-state index in [2.05, 4.69) is 0 Å². The molecule has 1 aliphatic heterocycles.